The molecule has 7 heteroatoms. The topological polar surface area (TPSA) is 45.5 Å². The van der Waals surface area contributed by atoms with Crippen molar-refractivity contribution in [1.82, 2.24) is 0 Å². The molecule has 23 heavy (non-hydrogen) atoms. The first-order chi connectivity index (χ1) is 11.0. The Balaban J connectivity index is 2.03. The molecule has 1 aromatic carbocycles. The number of anilines is 1. The number of halogens is 3. The van der Waals surface area contributed by atoms with Crippen molar-refractivity contribution in [3.8, 4) is 6.07 Å². The van der Waals surface area contributed by atoms with Crippen molar-refractivity contribution in [1.29, 1.82) is 5.26 Å². The predicted octanol–water partition coefficient (Wildman–Crippen LogP) is 3.21. The zero-order valence-electron chi connectivity index (χ0n) is 12.9. The van der Waals surface area contributed by atoms with Crippen LogP contribution in [0.4, 0.5) is 18.9 Å². The monoisotopic (exact) mass is 328 g/mol. The molecular weight excluding hydrogens is 309 g/mol. The van der Waals surface area contributed by atoms with Crippen LogP contribution in [0.3, 0.4) is 0 Å². The normalized spacial score (nSPS) is 16.4. The summed E-state index contributed by atoms with van der Waals surface area (Å²) in [6.07, 6.45) is -2.90. The summed E-state index contributed by atoms with van der Waals surface area (Å²) in [5.74, 6) is 0. The third-order valence-electron chi connectivity index (χ3n) is 3.88. The molecule has 0 spiro atoms. The molecule has 2 rings (SSSR count). The highest BCUT2D eigenvalue weighted by molar-refractivity contribution is 5.55. The number of nitrogens with zero attached hydrogens (tertiary/aromatic N) is 2. The first-order valence-corrected chi connectivity index (χ1v) is 7.42. The van der Waals surface area contributed by atoms with Crippen LogP contribution in [0.15, 0.2) is 18.2 Å². The van der Waals surface area contributed by atoms with E-state index >= 15 is 0 Å². The number of benzene rings is 1. The van der Waals surface area contributed by atoms with E-state index in [1.807, 2.05) is 4.90 Å². The SMILES string of the molecule is COCCOC1CCN(c2ccc(C#N)c(C(F)(F)F)c2)CC1. The van der Waals surface area contributed by atoms with Crippen LogP contribution >= 0.6 is 0 Å². The van der Waals surface area contributed by atoms with Crippen LogP contribution in [0, 0.1) is 11.3 Å². The van der Waals surface area contributed by atoms with Crippen molar-refractivity contribution in [3.05, 3.63) is 29.3 Å². The Morgan fingerprint density at radius 1 is 1.26 bits per heavy atom. The molecule has 0 aliphatic carbocycles. The Hall–Kier alpha value is -1.78. The summed E-state index contributed by atoms with van der Waals surface area (Å²) in [7, 11) is 1.61. The standard InChI is InChI=1S/C16H19F3N2O2/c1-22-8-9-23-14-4-6-21(7-5-14)13-3-2-12(11-20)15(10-13)16(17,18)19/h2-3,10,14H,4-9H2,1H3. The highest BCUT2D eigenvalue weighted by Gasteiger charge is 2.34. The van der Waals surface area contributed by atoms with Gasteiger partial charge in [-0.15, -0.1) is 0 Å². The van der Waals surface area contributed by atoms with Gasteiger partial charge in [0, 0.05) is 25.9 Å². The van der Waals surface area contributed by atoms with E-state index in [0.717, 1.165) is 18.9 Å². The van der Waals surface area contributed by atoms with Crippen LogP contribution in [-0.4, -0.2) is 39.5 Å². The molecule has 0 unspecified atom stereocenters. The summed E-state index contributed by atoms with van der Waals surface area (Å²) in [5, 5.41) is 8.83. The molecule has 0 bridgehead atoms. The highest BCUT2D eigenvalue weighted by Crippen LogP contribution is 2.35. The molecule has 1 aromatic rings. The molecule has 1 saturated heterocycles. The fraction of sp³-hybridized carbons (Fsp3) is 0.562. The lowest BCUT2D eigenvalue weighted by molar-refractivity contribution is -0.137. The van der Waals surface area contributed by atoms with E-state index in [9.17, 15) is 13.2 Å². The Bertz CT molecular complexity index is 561. The molecule has 0 amide bonds. The van der Waals surface area contributed by atoms with Crippen LogP contribution in [0.2, 0.25) is 0 Å². The largest absolute Gasteiger partial charge is 0.417 e. The first-order valence-electron chi connectivity index (χ1n) is 7.42. The minimum Gasteiger partial charge on any atom is -0.382 e. The number of ether oxygens (including phenoxy) is 2. The second kappa shape index (κ2) is 7.66. The summed E-state index contributed by atoms with van der Waals surface area (Å²) < 4.78 is 49.6. The van der Waals surface area contributed by atoms with Gasteiger partial charge in [0.25, 0.3) is 0 Å². The number of piperidine rings is 1. The molecule has 1 aliphatic heterocycles. The number of rotatable bonds is 5. The zero-order valence-corrected chi connectivity index (χ0v) is 12.9. The van der Waals surface area contributed by atoms with Crippen molar-refractivity contribution in [3.63, 3.8) is 0 Å². The maximum absolute atomic E-state index is 13.0. The smallest absolute Gasteiger partial charge is 0.382 e. The number of methoxy groups -OCH3 is 1. The van der Waals surface area contributed by atoms with Crippen LogP contribution < -0.4 is 4.90 Å². The molecule has 4 nitrogen and oxygen atoms in total. The van der Waals surface area contributed by atoms with E-state index in [-0.39, 0.29) is 11.7 Å². The molecule has 0 aromatic heterocycles. The maximum Gasteiger partial charge on any atom is 0.417 e. The third-order valence-corrected chi connectivity index (χ3v) is 3.88. The zero-order chi connectivity index (χ0) is 16.9. The van der Waals surface area contributed by atoms with Gasteiger partial charge in [0.15, 0.2) is 0 Å². The van der Waals surface area contributed by atoms with Crippen molar-refractivity contribution in [2.75, 3.05) is 38.3 Å². The molecule has 0 N–H and O–H groups in total. The Kier molecular flexibility index (Phi) is 5.85. The second-order valence-corrected chi connectivity index (χ2v) is 5.39. The average molecular weight is 328 g/mol. The van der Waals surface area contributed by atoms with Crippen molar-refractivity contribution < 1.29 is 22.6 Å². The van der Waals surface area contributed by atoms with E-state index in [2.05, 4.69) is 0 Å². The van der Waals surface area contributed by atoms with Crippen molar-refractivity contribution >= 4 is 5.69 Å². The molecule has 1 heterocycles. The fourth-order valence-electron chi connectivity index (χ4n) is 2.64. The van der Waals surface area contributed by atoms with E-state index in [0.29, 0.717) is 32.0 Å². The van der Waals surface area contributed by atoms with Crippen molar-refractivity contribution in [2.24, 2.45) is 0 Å². The van der Waals surface area contributed by atoms with Gasteiger partial charge in [0.2, 0.25) is 0 Å². The lowest BCUT2D eigenvalue weighted by Gasteiger charge is -2.34. The molecule has 0 saturated carbocycles. The minimum absolute atomic E-state index is 0.113. The summed E-state index contributed by atoms with van der Waals surface area (Å²) >= 11 is 0. The lowest BCUT2D eigenvalue weighted by atomic mass is 10.0. The average Bonchev–Trinajstić information content (AvgIpc) is 2.54. The minimum atomic E-state index is -4.53. The Labute approximate surface area is 133 Å². The van der Waals surface area contributed by atoms with Gasteiger partial charge in [-0.2, -0.15) is 18.4 Å². The second-order valence-electron chi connectivity index (χ2n) is 5.39. The fourth-order valence-corrected chi connectivity index (χ4v) is 2.64. The van der Waals surface area contributed by atoms with E-state index in [1.54, 1.807) is 19.2 Å². The number of hydrogen-bond donors (Lipinski definition) is 0. The van der Waals surface area contributed by atoms with Crippen LogP contribution in [0.25, 0.3) is 0 Å². The van der Waals surface area contributed by atoms with Gasteiger partial charge >= 0.3 is 6.18 Å². The lowest BCUT2D eigenvalue weighted by Crippen LogP contribution is -2.37. The molecule has 1 fully saturated rings. The molecule has 126 valence electrons. The van der Waals surface area contributed by atoms with Crippen LogP contribution in [-0.2, 0) is 15.7 Å². The van der Waals surface area contributed by atoms with Crippen LogP contribution in [0.5, 0.6) is 0 Å². The quantitative estimate of drug-likeness (QED) is 0.779. The Morgan fingerprint density at radius 2 is 1.96 bits per heavy atom. The third kappa shape index (κ3) is 4.60. The van der Waals surface area contributed by atoms with Gasteiger partial charge in [-0.1, -0.05) is 0 Å². The summed E-state index contributed by atoms with van der Waals surface area (Å²) in [6, 6.07) is 5.46. The van der Waals surface area contributed by atoms with Gasteiger partial charge < -0.3 is 14.4 Å². The summed E-state index contributed by atoms with van der Waals surface area (Å²) in [5.41, 5.74) is -0.735. The number of alkyl halides is 3. The van der Waals surface area contributed by atoms with Crippen molar-refractivity contribution in [2.45, 2.75) is 25.1 Å². The number of hydrogen-bond acceptors (Lipinski definition) is 4. The van der Waals surface area contributed by atoms with E-state index < -0.39 is 11.7 Å². The molecular formula is C16H19F3N2O2. The van der Waals surface area contributed by atoms with Gasteiger partial charge in [-0.3, -0.25) is 0 Å². The van der Waals surface area contributed by atoms with Gasteiger partial charge in [0.05, 0.1) is 36.5 Å². The maximum atomic E-state index is 13.0. The molecule has 0 radical (unpaired) electrons. The summed E-state index contributed by atoms with van der Waals surface area (Å²) in [4.78, 5) is 1.90. The van der Waals surface area contributed by atoms with Gasteiger partial charge in [-0.05, 0) is 31.0 Å². The van der Waals surface area contributed by atoms with E-state index in [1.165, 1.54) is 6.07 Å². The van der Waals surface area contributed by atoms with Gasteiger partial charge in [-0.25, -0.2) is 0 Å². The van der Waals surface area contributed by atoms with E-state index in [4.69, 9.17) is 14.7 Å². The highest BCUT2D eigenvalue weighted by atomic mass is 19.4. The molecule has 0 atom stereocenters. The predicted molar refractivity (Wildman–Crippen MR) is 79.2 cm³/mol. The number of nitriles is 1. The Morgan fingerprint density at radius 3 is 2.52 bits per heavy atom. The van der Waals surface area contributed by atoms with Crippen LogP contribution in [0.1, 0.15) is 24.0 Å². The summed E-state index contributed by atoms with van der Waals surface area (Å²) in [6.45, 7) is 2.31. The first kappa shape index (κ1) is 17.6. The van der Waals surface area contributed by atoms with Gasteiger partial charge in [0.1, 0.15) is 0 Å². The molecule has 1 aliphatic rings.